The van der Waals surface area contributed by atoms with Crippen LogP contribution in [0.3, 0.4) is 0 Å². The molecule has 0 aliphatic heterocycles. The molecule has 4 heteroatoms. The molecule has 1 aromatic rings. The Morgan fingerprint density at radius 2 is 2.13 bits per heavy atom. The van der Waals surface area contributed by atoms with Crippen molar-refractivity contribution in [2.75, 3.05) is 0 Å². The van der Waals surface area contributed by atoms with Gasteiger partial charge in [0, 0.05) is 0 Å². The maximum atomic E-state index is 11.7. The van der Waals surface area contributed by atoms with Crippen molar-refractivity contribution in [3.63, 3.8) is 0 Å². The van der Waals surface area contributed by atoms with Crippen molar-refractivity contribution >= 4 is 5.91 Å². The fourth-order valence-electron chi connectivity index (χ4n) is 1.24. The molecular weight excluding hydrogens is 192 g/mol. The molecule has 1 N–H and O–H groups in total. The Balaban J connectivity index is 2.88. The molecule has 0 saturated carbocycles. The molecule has 0 fully saturated rings. The quantitative estimate of drug-likeness (QED) is 0.804. The van der Waals surface area contributed by atoms with Gasteiger partial charge in [-0.25, -0.2) is 0 Å². The molecule has 0 aliphatic carbocycles. The number of rotatable bonds is 2. The number of hydrogen-bond donors (Lipinski definition) is 1. The second-order valence-electron chi connectivity index (χ2n) is 4.02. The first-order chi connectivity index (χ1) is 6.85. The number of furan rings is 1. The van der Waals surface area contributed by atoms with Crippen molar-refractivity contribution < 1.29 is 9.21 Å². The van der Waals surface area contributed by atoms with E-state index in [1.807, 2.05) is 6.07 Å². The summed E-state index contributed by atoms with van der Waals surface area (Å²) >= 11 is 0. The minimum atomic E-state index is -0.866. The molecule has 4 nitrogen and oxygen atoms in total. The second-order valence-corrected chi connectivity index (χ2v) is 4.02. The molecule has 0 aromatic carbocycles. The van der Waals surface area contributed by atoms with E-state index in [1.54, 1.807) is 33.8 Å². The van der Waals surface area contributed by atoms with Gasteiger partial charge in [-0.15, -0.1) is 0 Å². The molecular formula is C11H14N2O2. The molecule has 15 heavy (non-hydrogen) atoms. The van der Waals surface area contributed by atoms with E-state index in [9.17, 15) is 4.79 Å². The summed E-state index contributed by atoms with van der Waals surface area (Å²) in [5.41, 5.74) is -0.384. The van der Waals surface area contributed by atoms with E-state index in [0.29, 0.717) is 17.1 Å². The summed E-state index contributed by atoms with van der Waals surface area (Å²) in [5, 5.41) is 11.4. The minimum Gasteiger partial charge on any atom is -0.466 e. The molecule has 1 heterocycles. The van der Waals surface area contributed by atoms with Crippen LogP contribution in [0.5, 0.6) is 0 Å². The maximum Gasteiger partial charge on any atom is 0.256 e. The number of hydrogen-bond acceptors (Lipinski definition) is 3. The summed E-state index contributed by atoms with van der Waals surface area (Å²) in [4.78, 5) is 11.7. The highest BCUT2D eigenvalue weighted by molar-refractivity contribution is 5.95. The van der Waals surface area contributed by atoms with Crippen molar-refractivity contribution in [1.82, 2.24) is 5.32 Å². The van der Waals surface area contributed by atoms with E-state index in [-0.39, 0.29) is 5.91 Å². The third kappa shape index (κ3) is 2.59. The van der Waals surface area contributed by atoms with Gasteiger partial charge in [0.1, 0.15) is 17.1 Å². The molecule has 0 unspecified atom stereocenters. The first kappa shape index (κ1) is 11.3. The number of aryl methyl sites for hydroxylation is 2. The van der Waals surface area contributed by atoms with E-state index in [0.717, 1.165) is 0 Å². The van der Waals surface area contributed by atoms with Gasteiger partial charge in [-0.3, -0.25) is 4.79 Å². The largest absolute Gasteiger partial charge is 0.466 e. The Morgan fingerprint density at radius 1 is 1.53 bits per heavy atom. The Labute approximate surface area is 88.9 Å². The van der Waals surface area contributed by atoms with Crippen LogP contribution in [0.25, 0.3) is 0 Å². The van der Waals surface area contributed by atoms with Crippen LogP contribution >= 0.6 is 0 Å². The Morgan fingerprint density at radius 3 is 2.53 bits per heavy atom. The van der Waals surface area contributed by atoms with Crippen LogP contribution in [-0.4, -0.2) is 11.4 Å². The third-order valence-corrected chi connectivity index (χ3v) is 1.99. The van der Waals surface area contributed by atoms with Crippen molar-refractivity contribution in [3.05, 3.63) is 23.2 Å². The summed E-state index contributed by atoms with van der Waals surface area (Å²) in [7, 11) is 0. The van der Waals surface area contributed by atoms with Gasteiger partial charge in [-0.2, -0.15) is 5.26 Å². The smallest absolute Gasteiger partial charge is 0.256 e. The number of nitrogens with zero attached hydrogens (tertiary/aromatic N) is 1. The Bertz CT molecular complexity index is 424. The van der Waals surface area contributed by atoms with Gasteiger partial charge in [0.15, 0.2) is 0 Å². The van der Waals surface area contributed by atoms with E-state index >= 15 is 0 Å². The van der Waals surface area contributed by atoms with Gasteiger partial charge in [0.2, 0.25) is 0 Å². The highest BCUT2D eigenvalue weighted by atomic mass is 16.3. The summed E-state index contributed by atoms with van der Waals surface area (Å²) in [5.74, 6) is 0.974. The van der Waals surface area contributed by atoms with Gasteiger partial charge in [0.05, 0.1) is 11.6 Å². The fraction of sp³-hybridized carbons (Fsp3) is 0.455. The first-order valence-corrected chi connectivity index (χ1v) is 4.66. The number of carbonyl (C=O) groups excluding carboxylic acids is 1. The van der Waals surface area contributed by atoms with E-state index in [4.69, 9.17) is 9.68 Å². The molecule has 0 spiro atoms. The second kappa shape index (κ2) is 3.77. The van der Waals surface area contributed by atoms with Crippen molar-refractivity contribution in [1.29, 1.82) is 5.26 Å². The number of amides is 1. The molecule has 0 atom stereocenters. The van der Waals surface area contributed by atoms with Crippen LogP contribution in [0.1, 0.15) is 35.7 Å². The lowest BCUT2D eigenvalue weighted by atomic mass is 10.1. The van der Waals surface area contributed by atoms with Crippen LogP contribution in [0.4, 0.5) is 0 Å². The highest BCUT2D eigenvalue weighted by Gasteiger charge is 2.22. The van der Waals surface area contributed by atoms with Gasteiger partial charge >= 0.3 is 0 Å². The lowest BCUT2D eigenvalue weighted by Crippen LogP contribution is -2.42. The average molecular weight is 206 g/mol. The normalized spacial score (nSPS) is 10.9. The van der Waals surface area contributed by atoms with Crippen LogP contribution in [0.15, 0.2) is 10.5 Å². The summed E-state index contributed by atoms with van der Waals surface area (Å²) in [6.45, 7) is 6.79. The zero-order chi connectivity index (χ0) is 11.6. The summed E-state index contributed by atoms with van der Waals surface area (Å²) < 4.78 is 5.24. The van der Waals surface area contributed by atoms with Crippen LogP contribution < -0.4 is 5.32 Å². The van der Waals surface area contributed by atoms with Crippen molar-refractivity contribution in [3.8, 4) is 6.07 Å². The van der Waals surface area contributed by atoms with Crippen LogP contribution in [0, 0.1) is 25.2 Å². The Kier molecular flexibility index (Phi) is 2.85. The standard InChI is InChI=1S/C11H14N2O2/c1-7-5-9(8(2)15-7)10(14)13-11(3,4)6-12/h5H,1-4H3,(H,13,14). The highest BCUT2D eigenvalue weighted by Crippen LogP contribution is 2.14. The monoisotopic (exact) mass is 206 g/mol. The number of carbonyl (C=O) groups is 1. The van der Waals surface area contributed by atoms with E-state index in [1.165, 1.54) is 0 Å². The molecule has 1 aromatic heterocycles. The molecule has 1 amide bonds. The maximum absolute atomic E-state index is 11.7. The molecule has 0 radical (unpaired) electrons. The van der Waals surface area contributed by atoms with Gasteiger partial charge < -0.3 is 9.73 Å². The van der Waals surface area contributed by atoms with Gasteiger partial charge in [0.25, 0.3) is 5.91 Å². The molecule has 1 rings (SSSR count). The zero-order valence-corrected chi connectivity index (χ0v) is 9.34. The summed E-state index contributed by atoms with van der Waals surface area (Å²) in [6.07, 6.45) is 0. The van der Waals surface area contributed by atoms with Gasteiger partial charge in [-0.05, 0) is 33.8 Å². The molecule has 0 aliphatic rings. The minimum absolute atomic E-state index is 0.282. The summed E-state index contributed by atoms with van der Waals surface area (Å²) in [6, 6.07) is 3.67. The lowest BCUT2D eigenvalue weighted by Gasteiger charge is -2.16. The molecule has 80 valence electrons. The predicted octanol–water partition coefficient (Wildman–Crippen LogP) is 1.93. The SMILES string of the molecule is Cc1cc(C(=O)NC(C)(C)C#N)c(C)o1. The third-order valence-electron chi connectivity index (χ3n) is 1.99. The van der Waals surface area contributed by atoms with Crippen LogP contribution in [0.2, 0.25) is 0 Å². The molecule has 0 saturated heterocycles. The zero-order valence-electron chi connectivity index (χ0n) is 9.34. The van der Waals surface area contributed by atoms with Crippen LogP contribution in [-0.2, 0) is 0 Å². The Hall–Kier alpha value is -1.76. The van der Waals surface area contributed by atoms with Crippen molar-refractivity contribution in [2.45, 2.75) is 33.2 Å². The molecule has 0 bridgehead atoms. The average Bonchev–Trinajstić information content (AvgIpc) is 2.45. The number of nitriles is 1. The predicted molar refractivity (Wildman–Crippen MR) is 55.3 cm³/mol. The van der Waals surface area contributed by atoms with E-state index in [2.05, 4.69) is 5.32 Å². The number of nitrogens with one attached hydrogen (secondary N) is 1. The topological polar surface area (TPSA) is 66.0 Å². The first-order valence-electron chi connectivity index (χ1n) is 4.66. The van der Waals surface area contributed by atoms with E-state index < -0.39 is 5.54 Å². The van der Waals surface area contributed by atoms with Gasteiger partial charge in [-0.1, -0.05) is 0 Å². The van der Waals surface area contributed by atoms with Crippen molar-refractivity contribution in [2.24, 2.45) is 0 Å². The fourth-order valence-corrected chi connectivity index (χ4v) is 1.24. The lowest BCUT2D eigenvalue weighted by molar-refractivity contribution is 0.0927.